The Hall–Kier alpha value is -2.73. The predicted molar refractivity (Wildman–Crippen MR) is 104 cm³/mol. The average molecular weight is 366 g/mol. The predicted octanol–water partition coefficient (Wildman–Crippen LogP) is 4.22. The zero-order valence-electron chi connectivity index (χ0n) is 14.3. The minimum absolute atomic E-state index is 0.163. The van der Waals surface area contributed by atoms with Gasteiger partial charge in [-0.3, -0.25) is 4.98 Å². The molecule has 0 radical (unpaired) electrons. The van der Waals surface area contributed by atoms with Gasteiger partial charge in [0.2, 0.25) is 0 Å². The molecule has 1 aliphatic heterocycles. The van der Waals surface area contributed by atoms with E-state index in [-0.39, 0.29) is 17.9 Å². The lowest BCUT2D eigenvalue weighted by atomic mass is 10.0. The molecule has 26 heavy (non-hydrogen) atoms. The minimum Gasteiger partial charge on any atom is -0.351 e. The number of hydrogen-bond donors (Lipinski definition) is 1. The topological polar surface area (TPSA) is 33.1 Å². The molecule has 1 N–H and O–H groups in total. The molecule has 1 fully saturated rings. The molecular formula is C20H19FN4S. The van der Waals surface area contributed by atoms with Gasteiger partial charge in [0, 0.05) is 24.6 Å². The highest BCUT2D eigenvalue weighted by molar-refractivity contribution is 7.80. The number of thiocarbonyl (C=S) groups is 1. The molecule has 0 bridgehead atoms. The summed E-state index contributed by atoms with van der Waals surface area (Å²) in [5.74, 6) is -0.294. The van der Waals surface area contributed by atoms with Gasteiger partial charge in [-0.15, -0.1) is 0 Å². The highest BCUT2D eigenvalue weighted by Crippen LogP contribution is 2.42. The number of anilines is 1. The monoisotopic (exact) mass is 366 g/mol. The molecule has 6 heteroatoms. The maximum Gasteiger partial charge on any atom is 0.174 e. The Labute approximate surface area is 157 Å². The van der Waals surface area contributed by atoms with E-state index >= 15 is 0 Å². The molecule has 0 unspecified atom stereocenters. The molecule has 4 rings (SSSR count). The van der Waals surface area contributed by atoms with Gasteiger partial charge in [0.15, 0.2) is 5.11 Å². The number of pyridine rings is 1. The summed E-state index contributed by atoms with van der Waals surface area (Å²) in [6.07, 6.45) is 3.80. The lowest BCUT2D eigenvalue weighted by Crippen LogP contribution is -2.31. The van der Waals surface area contributed by atoms with Crippen LogP contribution in [0.15, 0.2) is 67.0 Å². The highest BCUT2D eigenvalue weighted by Gasteiger charge is 2.42. The Kier molecular flexibility index (Phi) is 4.42. The van der Waals surface area contributed by atoms with Crippen LogP contribution in [0.1, 0.15) is 30.4 Å². The average Bonchev–Trinajstić information content (AvgIpc) is 3.26. The third kappa shape index (κ3) is 2.76. The number of aryl methyl sites for hydroxylation is 1. The molecule has 0 spiro atoms. The number of hydrogen-bond acceptors (Lipinski definition) is 2. The quantitative estimate of drug-likeness (QED) is 0.701. The van der Waals surface area contributed by atoms with Crippen LogP contribution in [0.2, 0.25) is 0 Å². The van der Waals surface area contributed by atoms with E-state index in [1.807, 2.05) is 41.4 Å². The van der Waals surface area contributed by atoms with E-state index in [2.05, 4.69) is 27.9 Å². The molecule has 1 aliphatic rings. The van der Waals surface area contributed by atoms with Crippen LogP contribution in [0.25, 0.3) is 0 Å². The van der Waals surface area contributed by atoms with Crippen LogP contribution in [-0.4, -0.2) is 14.7 Å². The minimum atomic E-state index is -0.294. The lowest BCUT2D eigenvalue weighted by Gasteiger charge is -2.29. The lowest BCUT2D eigenvalue weighted by molar-refractivity contribution is 0.524. The number of nitrogens with one attached hydrogen (secondary N) is 1. The van der Waals surface area contributed by atoms with Crippen molar-refractivity contribution in [1.29, 1.82) is 0 Å². The SMILES string of the molecule is CCn1cccc1[C@H]1[C@H](c2ccccn2)NC(=S)N1c1ccccc1F. The summed E-state index contributed by atoms with van der Waals surface area (Å²) in [6.45, 7) is 2.92. The highest BCUT2D eigenvalue weighted by atomic mass is 32.1. The second kappa shape index (κ2) is 6.88. The van der Waals surface area contributed by atoms with Gasteiger partial charge in [0.1, 0.15) is 11.9 Å². The van der Waals surface area contributed by atoms with Crippen LogP contribution in [0.4, 0.5) is 10.1 Å². The van der Waals surface area contributed by atoms with Crippen molar-refractivity contribution < 1.29 is 4.39 Å². The molecule has 2 atom stereocenters. The van der Waals surface area contributed by atoms with Crippen molar-refractivity contribution in [2.75, 3.05) is 4.90 Å². The van der Waals surface area contributed by atoms with E-state index < -0.39 is 0 Å². The van der Waals surface area contributed by atoms with Crippen molar-refractivity contribution in [3.63, 3.8) is 0 Å². The van der Waals surface area contributed by atoms with E-state index in [0.29, 0.717) is 10.8 Å². The molecule has 0 saturated carbocycles. The van der Waals surface area contributed by atoms with E-state index in [1.54, 1.807) is 18.3 Å². The van der Waals surface area contributed by atoms with E-state index in [0.717, 1.165) is 17.9 Å². The first kappa shape index (κ1) is 16.7. The van der Waals surface area contributed by atoms with Gasteiger partial charge in [0.05, 0.1) is 17.4 Å². The second-order valence-electron chi connectivity index (χ2n) is 6.17. The van der Waals surface area contributed by atoms with Gasteiger partial charge in [-0.1, -0.05) is 18.2 Å². The zero-order valence-corrected chi connectivity index (χ0v) is 15.2. The number of nitrogens with zero attached hydrogens (tertiary/aromatic N) is 3. The first-order valence-corrected chi connectivity index (χ1v) is 9.01. The number of rotatable bonds is 4. The third-order valence-corrected chi connectivity index (χ3v) is 5.03. The largest absolute Gasteiger partial charge is 0.351 e. The standard InChI is InChI=1S/C20H19FN4S/c1-2-24-13-7-11-17(24)19-18(15-9-5-6-12-22-15)23-20(26)25(19)16-10-4-3-8-14(16)21/h3-13,18-19H,2H2,1H3,(H,23,26)/t18-,19-/m0/s1. The molecular weight excluding hydrogens is 347 g/mol. The fourth-order valence-electron chi connectivity index (χ4n) is 3.55. The smallest absolute Gasteiger partial charge is 0.174 e. The summed E-state index contributed by atoms with van der Waals surface area (Å²) in [5.41, 5.74) is 2.42. The third-order valence-electron chi connectivity index (χ3n) is 4.72. The molecule has 0 aliphatic carbocycles. The van der Waals surface area contributed by atoms with Crippen LogP contribution in [0.3, 0.4) is 0 Å². The van der Waals surface area contributed by atoms with E-state index in [9.17, 15) is 4.39 Å². The van der Waals surface area contributed by atoms with Crippen LogP contribution in [0.5, 0.6) is 0 Å². The summed E-state index contributed by atoms with van der Waals surface area (Å²) in [5, 5.41) is 3.85. The van der Waals surface area contributed by atoms with Crippen molar-refractivity contribution in [2.24, 2.45) is 0 Å². The van der Waals surface area contributed by atoms with Gasteiger partial charge < -0.3 is 14.8 Å². The Bertz CT molecular complexity index is 924. The van der Waals surface area contributed by atoms with Crippen molar-refractivity contribution in [3.05, 3.63) is 84.2 Å². The number of para-hydroxylation sites is 1. The molecule has 132 valence electrons. The Balaban J connectivity index is 1.87. The van der Waals surface area contributed by atoms with Crippen molar-refractivity contribution in [1.82, 2.24) is 14.9 Å². The molecule has 4 nitrogen and oxygen atoms in total. The van der Waals surface area contributed by atoms with Crippen LogP contribution in [-0.2, 0) is 6.54 Å². The normalized spacial score (nSPS) is 19.6. The molecule has 3 heterocycles. The molecule has 1 aromatic carbocycles. The molecule has 1 saturated heterocycles. The number of aromatic nitrogens is 2. The summed E-state index contributed by atoms with van der Waals surface area (Å²) >= 11 is 5.60. The summed E-state index contributed by atoms with van der Waals surface area (Å²) < 4.78 is 16.7. The Morgan fingerprint density at radius 2 is 1.92 bits per heavy atom. The van der Waals surface area contributed by atoms with Crippen molar-refractivity contribution in [2.45, 2.75) is 25.6 Å². The Morgan fingerprint density at radius 1 is 1.12 bits per heavy atom. The molecule has 0 amide bonds. The first-order chi connectivity index (χ1) is 12.7. The number of benzene rings is 1. The van der Waals surface area contributed by atoms with Crippen LogP contribution < -0.4 is 10.2 Å². The van der Waals surface area contributed by atoms with Gasteiger partial charge in [-0.2, -0.15) is 0 Å². The van der Waals surface area contributed by atoms with Crippen molar-refractivity contribution in [3.8, 4) is 0 Å². The fourth-order valence-corrected chi connectivity index (χ4v) is 3.88. The van der Waals surface area contributed by atoms with E-state index in [4.69, 9.17) is 12.2 Å². The summed E-state index contributed by atoms with van der Waals surface area (Å²) in [6, 6.07) is 16.3. The van der Waals surface area contributed by atoms with Crippen molar-refractivity contribution >= 4 is 23.0 Å². The van der Waals surface area contributed by atoms with E-state index in [1.165, 1.54) is 6.07 Å². The first-order valence-electron chi connectivity index (χ1n) is 8.61. The Morgan fingerprint density at radius 3 is 2.65 bits per heavy atom. The second-order valence-corrected chi connectivity index (χ2v) is 6.55. The van der Waals surface area contributed by atoms with Gasteiger partial charge in [-0.05, 0) is 55.5 Å². The van der Waals surface area contributed by atoms with Gasteiger partial charge in [-0.25, -0.2) is 4.39 Å². The molecule has 2 aromatic heterocycles. The van der Waals surface area contributed by atoms with Gasteiger partial charge >= 0.3 is 0 Å². The van der Waals surface area contributed by atoms with Gasteiger partial charge in [0.25, 0.3) is 0 Å². The molecule has 3 aromatic rings. The van der Waals surface area contributed by atoms with Crippen LogP contribution in [0, 0.1) is 5.82 Å². The fraction of sp³-hybridized carbons (Fsp3) is 0.200. The number of halogens is 1. The zero-order chi connectivity index (χ0) is 18.1. The summed E-state index contributed by atoms with van der Waals surface area (Å²) in [7, 11) is 0. The maximum absolute atomic E-state index is 14.6. The maximum atomic E-state index is 14.6. The summed E-state index contributed by atoms with van der Waals surface area (Å²) in [4.78, 5) is 6.38. The van der Waals surface area contributed by atoms with Crippen LogP contribution >= 0.6 is 12.2 Å².